The van der Waals surface area contributed by atoms with E-state index in [0.717, 1.165) is 24.3 Å². The van der Waals surface area contributed by atoms with Crippen LogP contribution >= 0.6 is 0 Å². The molecule has 0 unspecified atom stereocenters. The predicted octanol–water partition coefficient (Wildman–Crippen LogP) is 5.44. The van der Waals surface area contributed by atoms with Gasteiger partial charge < -0.3 is 15.4 Å². The molecule has 11 heteroatoms. The Morgan fingerprint density at radius 2 is 1.71 bits per heavy atom. The van der Waals surface area contributed by atoms with Crippen LogP contribution in [0.1, 0.15) is 16.1 Å². The second-order valence-corrected chi connectivity index (χ2v) is 7.23. The molecule has 8 nitrogen and oxygen atoms in total. The Labute approximate surface area is 197 Å². The van der Waals surface area contributed by atoms with Gasteiger partial charge in [-0.25, -0.2) is 9.78 Å². The van der Waals surface area contributed by atoms with Gasteiger partial charge in [0.15, 0.2) is 0 Å². The Hall–Kier alpha value is -4.67. The van der Waals surface area contributed by atoms with E-state index >= 15 is 0 Å². The lowest BCUT2D eigenvalue weighted by Crippen LogP contribution is -2.20. The van der Waals surface area contributed by atoms with E-state index in [4.69, 9.17) is 4.74 Å². The SMILES string of the molecule is CNC(=O)c1cc(Oc2cccc3nc(NC(=O)Nc4ccc(C(F)(F)F)cc4)ccc23)ccn1. The Morgan fingerprint density at radius 1 is 0.943 bits per heavy atom. The molecule has 3 N–H and O–H groups in total. The van der Waals surface area contributed by atoms with Gasteiger partial charge in [0.2, 0.25) is 0 Å². The van der Waals surface area contributed by atoms with Crippen LogP contribution in [-0.4, -0.2) is 29.0 Å². The van der Waals surface area contributed by atoms with E-state index in [-0.39, 0.29) is 23.1 Å². The first-order valence-electron chi connectivity index (χ1n) is 10.2. The van der Waals surface area contributed by atoms with Crippen LogP contribution in [0.15, 0.2) is 72.9 Å². The maximum atomic E-state index is 12.7. The number of carbonyl (C=O) groups is 2. The molecule has 0 radical (unpaired) electrons. The standard InChI is InChI=1S/C24H18F3N5O3/c1-28-22(33)19-13-16(11-12-29-19)35-20-4-2-3-18-17(20)9-10-21(31-18)32-23(34)30-15-7-5-14(6-8-15)24(25,26)27/h2-13H,1H3,(H,28,33)(H2,30,31,32,34). The van der Waals surface area contributed by atoms with E-state index in [2.05, 4.69) is 25.9 Å². The molecule has 35 heavy (non-hydrogen) atoms. The number of benzene rings is 2. The summed E-state index contributed by atoms with van der Waals surface area (Å²) in [6.07, 6.45) is -3.00. The highest BCUT2D eigenvalue weighted by Gasteiger charge is 2.30. The number of amides is 3. The summed E-state index contributed by atoms with van der Waals surface area (Å²) < 4.78 is 44.0. The first-order valence-corrected chi connectivity index (χ1v) is 10.2. The van der Waals surface area contributed by atoms with Gasteiger partial charge in [-0.15, -0.1) is 0 Å². The number of pyridine rings is 2. The fraction of sp³-hybridized carbons (Fsp3) is 0.0833. The van der Waals surface area contributed by atoms with Crippen LogP contribution in [0, 0.1) is 0 Å². The molecule has 0 atom stereocenters. The Morgan fingerprint density at radius 3 is 2.43 bits per heavy atom. The van der Waals surface area contributed by atoms with Crippen LogP contribution in [0.3, 0.4) is 0 Å². The molecular formula is C24H18F3N5O3. The first kappa shape index (κ1) is 23.5. The highest BCUT2D eigenvalue weighted by Crippen LogP contribution is 2.31. The number of nitrogens with one attached hydrogen (secondary N) is 3. The van der Waals surface area contributed by atoms with Gasteiger partial charge in [-0.05, 0) is 54.6 Å². The van der Waals surface area contributed by atoms with E-state index in [1.165, 1.54) is 19.3 Å². The summed E-state index contributed by atoms with van der Waals surface area (Å²) in [6.45, 7) is 0. The molecular weight excluding hydrogens is 463 g/mol. The molecule has 4 rings (SSSR count). The van der Waals surface area contributed by atoms with Crippen molar-refractivity contribution < 1.29 is 27.5 Å². The average Bonchev–Trinajstić information content (AvgIpc) is 2.83. The number of hydrogen-bond acceptors (Lipinski definition) is 5. The average molecular weight is 481 g/mol. The molecule has 2 heterocycles. The van der Waals surface area contributed by atoms with Gasteiger partial charge in [0.1, 0.15) is 23.0 Å². The van der Waals surface area contributed by atoms with Crippen molar-refractivity contribution in [1.82, 2.24) is 15.3 Å². The molecule has 0 spiro atoms. The quantitative estimate of drug-likeness (QED) is 0.352. The minimum absolute atomic E-state index is 0.195. The molecule has 0 saturated heterocycles. The normalized spacial score (nSPS) is 11.1. The number of aromatic nitrogens is 2. The van der Waals surface area contributed by atoms with Gasteiger partial charge in [0, 0.05) is 30.4 Å². The number of nitrogens with zero attached hydrogens (tertiary/aromatic N) is 2. The van der Waals surface area contributed by atoms with Crippen LogP contribution in [-0.2, 0) is 6.18 Å². The number of halogens is 3. The summed E-state index contributed by atoms with van der Waals surface area (Å²) >= 11 is 0. The third kappa shape index (κ3) is 5.64. The van der Waals surface area contributed by atoms with Crippen molar-refractivity contribution >= 4 is 34.3 Å². The molecule has 0 saturated carbocycles. The molecule has 2 aromatic carbocycles. The summed E-state index contributed by atoms with van der Waals surface area (Å²) in [5, 5.41) is 8.15. The van der Waals surface area contributed by atoms with Gasteiger partial charge in [-0.2, -0.15) is 13.2 Å². The van der Waals surface area contributed by atoms with Crippen LogP contribution in [0.2, 0.25) is 0 Å². The zero-order chi connectivity index (χ0) is 25.0. The van der Waals surface area contributed by atoms with Crippen molar-refractivity contribution in [2.45, 2.75) is 6.18 Å². The Kier molecular flexibility index (Phi) is 6.49. The van der Waals surface area contributed by atoms with Crippen molar-refractivity contribution in [2.24, 2.45) is 0 Å². The molecule has 0 aliphatic carbocycles. The monoisotopic (exact) mass is 481 g/mol. The topological polar surface area (TPSA) is 105 Å². The van der Waals surface area contributed by atoms with Crippen molar-refractivity contribution in [3.63, 3.8) is 0 Å². The third-order valence-electron chi connectivity index (χ3n) is 4.82. The second-order valence-electron chi connectivity index (χ2n) is 7.23. The lowest BCUT2D eigenvalue weighted by atomic mass is 10.2. The summed E-state index contributed by atoms with van der Waals surface area (Å²) in [7, 11) is 1.50. The fourth-order valence-corrected chi connectivity index (χ4v) is 3.16. The molecule has 0 aliphatic rings. The number of anilines is 2. The number of fused-ring (bicyclic) bond motifs is 1. The summed E-state index contributed by atoms with van der Waals surface area (Å²) in [5.41, 5.74) is 0.110. The number of hydrogen-bond donors (Lipinski definition) is 3. The Balaban J connectivity index is 1.48. The highest BCUT2D eigenvalue weighted by atomic mass is 19.4. The van der Waals surface area contributed by atoms with E-state index in [1.54, 1.807) is 36.4 Å². The van der Waals surface area contributed by atoms with Crippen LogP contribution in [0.5, 0.6) is 11.5 Å². The maximum Gasteiger partial charge on any atom is 0.416 e. The minimum Gasteiger partial charge on any atom is -0.457 e. The largest absolute Gasteiger partial charge is 0.457 e. The molecule has 0 aliphatic heterocycles. The molecule has 3 amide bonds. The number of urea groups is 1. The fourth-order valence-electron chi connectivity index (χ4n) is 3.16. The third-order valence-corrected chi connectivity index (χ3v) is 4.82. The van der Waals surface area contributed by atoms with E-state index in [0.29, 0.717) is 22.4 Å². The van der Waals surface area contributed by atoms with Gasteiger partial charge in [0.05, 0.1) is 11.1 Å². The van der Waals surface area contributed by atoms with E-state index < -0.39 is 17.8 Å². The summed E-state index contributed by atoms with van der Waals surface area (Å²) in [6, 6.07) is 15.0. The highest BCUT2D eigenvalue weighted by molar-refractivity contribution is 6.00. The van der Waals surface area contributed by atoms with E-state index in [1.807, 2.05) is 0 Å². The van der Waals surface area contributed by atoms with Crippen molar-refractivity contribution in [3.8, 4) is 11.5 Å². The van der Waals surface area contributed by atoms with Crippen LogP contribution in [0.25, 0.3) is 10.9 Å². The lowest BCUT2D eigenvalue weighted by molar-refractivity contribution is -0.137. The first-order chi connectivity index (χ1) is 16.7. The number of rotatable bonds is 5. The predicted molar refractivity (Wildman–Crippen MR) is 124 cm³/mol. The molecule has 178 valence electrons. The van der Waals surface area contributed by atoms with Gasteiger partial charge in [-0.1, -0.05) is 6.07 Å². The smallest absolute Gasteiger partial charge is 0.416 e. The Bertz CT molecular complexity index is 1390. The van der Waals surface area contributed by atoms with Gasteiger partial charge in [0.25, 0.3) is 5.91 Å². The molecule has 2 aromatic heterocycles. The summed E-state index contributed by atoms with van der Waals surface area (Å²) in [4.78, 5) is 32.5. The van der Waals surface area contributed by atoms with E-state index in [9.17, 15) is 22.8 Å². The minimum atomic E-state index is -4.46. The molecule has 4 aromatic rings. The van der Waals surface area contributed by atoms with Crippen LogP contribution in [0.4, 0.5) is 29.5 Å². The number of alkyl halides is 3. The summed E-state index contributed by atoms with van der Waals surface area (Å²) in [5.74, 6) is 0.763. The maximum absolute atomic E-state index is 12.7. The van der Waals surface area contributed by atoms with Crippen LogP contribution < -0.4 is 20.7 Å². The molecule has 0 bridgehead atoms. The van der Waals surface area contributed by atoms with Crippen molar-refractivity contribution in [1.29, 1.82) is 0 Å². The number of ether oxygens (including phenoxy) is 1. The lowest BCUT2D eigenvalue weighted by Gasteiger charge is -2.11. The van der Waals surface area contributed by atoms with Crippen molar-refractivity contribution in [2.75, 3.05) is 17.7 Å². The zero-order valence-electron chi connectivity index (χ0n) is 18.2. The number of carbonyl (C=O) groups excluding carboxylic acids is 2. The van der Waals surface area contributed by atoms with Crippen molar-refractivity contribution in [3.05, 3.63) is 84.2 Å². The van der Waals surface area contributed by atoms with Gasteiger partial charge in [-0.3, -0.25) is 15.1 Å². The zero-order valence-corrected chi connectivity index (χ0v) is 18.2. The van der Waals surface area contributed by atoms with Gasteiger partial charge >= 0.3 is 12.2 Å². The molecule has 0 fully saturated rings. The second kappa shape index (κ2) is 9.67.